The molecule has 1 spiro atoms. The summed E-state index contributed by atoms with van der Waals surface area (Å²) >= 11 is 0. The Hall–Kier alpha value is -1.56. The van der Waals surface area contributed by atoms with Gasteiger partial charge in [0.2, 0.25) is 5.91 Å². The molecule has 0 aliphatic carbocycles. The van der Waals surface area contributed by atoms with E-state index in [1.165, 1.54) is 12.1 Å². The number of hydrogen-bond donors (Lipinski definition) is 1. The molecule has 1 aromatic rings. The number of halogens is 3. The second-order valence-corrected chi connectivity index (χ2v) is 7.02. The van der Waals surface area contributed by atoms with Crippen LogP contribution in [0.4, 0.5) is 13.2 Å². The Morgan fingerprint density at radius 3 is 2.38 bits per heavy atom. The van der Waals surface area contributed by atoms with Gasteiger partial charge < -0.3 is 10.2 Å². The van der Waals surface area contributed by atoms with Crippen molar-refractivity contribution in [3.63, 3.8) is 0 Å². The molecule has 1 amide bonds. The Kier molecular flexibility index (Phi) is 4.85. The molecule has 1 unspecified atom stereocenters. The van der Waals surface area contributed by atoms with Crippen molar-refractivity contribution in [2.75, 3.05) is 26.2 Å². The molecule has 2 heterocycles. The third-order valence-electron chi connectivity index (χ3n) is 5.48. The fourth-order valence-electron chi connectivity index (χ4n) is 3.86. The predicted molar refractivity (Wildman–Crippen MR) is 85.6 cm³/mol. The average Bonchev–Trinajstić information content (AvgIpc) is 3.01. The monoisotopic (exact) mass is 340 g/mol. The lowest BCUT2D eigenvalue weighted by atomic mass is 9.77. The van der Waals surface area contributed by atoms with Gasteiger partial charge in [-0.25, -0.2) is 0 Å². The van der Waals surface area contributed by atoms with Crippen LogP contribution >= 0.6 is 0 Å². The third-order valence-corrected chi connectivity index (χ3v) is 5.48. The van der Waals surface area contributed by atoms with Crippen molar-refractivity contribution >= 4 is 5.91 Å². The van der Waals surface area contributed by atoms with E-state index < -0.39 is 18.5 Å². The third kappa shape index (κ3) is 3.74. The first-order chi connectivity index (χ1) is 11.4. The molecular formula is C18H23F3N2O. The van der Waals surface area contributed by atoms with Gasteiger partial charge >= 0.3 is 6.18 Å². The minimum Gasteiger partial charge on any atom is -0.343 e. The standard InChI is InChI=1S/C18H23F3N2O/c19-18(20,21)15(14-4-2-1-3-5-14)12-16(24)23-10-7-17(8-11-23)6-9-22-13-17/h1-5,15,22H,6-13H2. The molecule has 6 heteroatoms. The number of nitrogens with zero attached hydrogens (tertiary/aromatic N) is 1. The Morgan fingerprint density at radius 2 is 1.83 bits per heavy atom. The topological polar surface area (TPSA) is 32.3 Å². The van der Waals surface area contributed by atoms with Crippen molar-refractivity contribution in [2.45, 2.75) is 37.8 Å². The van der Waals surface area contributed by atoms with Crippen LogP contribution in [0.3, 0.4) is 0 Å². The van der Waals surface area contributed by atoms with Crippen molar-refractivity contribution in [1.82, 2.24) is 10.2 Å². The highest BCUT2D eigenvalue weighted by atomic mass is 19.4. The minimum atomic E-state index is -4.41. The number of hydrogen-bond acceptors (Lipinski definition) is 2. The molecular weight excluding hydrogens is 317 g/mol. The lowest BCUT2D eigenvalue weighted by Gasteiger charge is -2.39. The molecule has 2 aliphatic heterocycles. The zero-order valence-electron chi connectivity index (χ0n) is 13.6. The molecule has 1 N–H and O–H groups in total. The lowest BCUT2D eigenvalue weighted by Crippen LogP contribution is -2.44. The van der Waals surface area contributed by atoms with Crippen LogP contribution in [0.2, 0.25) is 0 Å². The summed E-state index contributed by atoms with van der Waals surface area (Å²) in [5, 5.41) is 3.35. The fraction of sp³-hybridized carbons (Fsp3) is 0.611. The van der Waals surface area contributed by atoms with Gasteiger partial charge in [-0.3, -0.25) is 4.79 Å². The Bertz CT molecular complexity index is 557. The second-order valence-electron chi connectivity index (χ2n) is 7.02. The summed E-state index contributed by atoms with van der Waals surface area (Å²) in [7, 11) is 0. The Balaban J connectivity index is 1.64. The van der Waals surface area contributed by atoms with E-state index in [4.69, 9.17) is 0 Å². The van der Waals surface area contributed by atoms with E-state index in [9.17, 15) is 18.0 Å². The first-order valence-corrected chi connectivity index (χ1v) is 8.50. The number of nitrogens with one attached hydrogen (secondary N) is 1. The molecule has 1 atom stereocenters. The van der Waals surface area contributed by atoms with Gasteiger partial charge in [0, 0.05) is 26.1 Å². The summed E-state index contributed by atoms with van der Waals surface area (Å²) in [5.74, 6) is -2.11. The number of alkyl halides is 3. The van der Waals surface area contributed by atoms with E-state index in [1.54, 1.807) is 23.1 Å². The summed E-state index contributed by atoms with van der Waals surface area (Å²) in [6.45, 7) is 3.10. The number of carbonyl (C=O) groups excluding carboxylic acids is 1. The van der Waals surface area contributed by atoms with Gasteiger partial charge in [-0.2, -0.15) is 13.2 Å². The van der Waals surface area contributed by atoms with Crippen LogP contribution in [0.1, 0.15) is 37.2 Å². The quantitative estimate of drug-likeness (QED) is 0.915. The summed E-state index contributed by atoms with van der Waals surface area (Å²) in [6, 6.07) is 7.73. The smallest absolute Gasteiger partial charge is 0.343 e. The molecule has 2 saturated heterocycles. The summed E-state index contributed by atoms with van der Waals surface area (Å²) in [4.78, 5) is 14.1. The van der Waals surface area contributed by atoms with E-state index in [0.29, 0.717) is 13.1 Å². The predicted octanol–water partition coefficient (Wildman–Crippen LogP) is 3.32. The number of rotatable bonds is 3. The second kappa shape index (κ2) is 6.75. The van der Waals surface area contributed by atoms with Crippen molar-refractivity contribution in [3.05, 3.63) is 35.9 Å². The first-order valence-electron chi connectivity index (χ1n) is 8.50. The van der Waals surface area contributed by atoms with Gasteiger partial charge in [-0.05, 0) is 36.8 Å². The van der Waals surface area contributed by atoms with E-state index in [0.717, 1.165) is 32.4 Å². The van der Waals surface area contributed by atoms with Crippen LogP contribution < -0.4 is 5.32 Å². The largest absolute Gasteiger partial charge is 0.396 e. The van der Waals surface area contributed by atoms with E-state index in [2.05, 4.69) is 5.32 Å². The van der Waals surface area contributed by atoms with Crippen molar-refractivity contribution in [1.29, 1.82) is 0 Å². The molecule has 132 valence electrons. The van der Waals surface area contributed by atoms with Crippen LogP contribution in [0, 0.1) is 5.41 Å². The molecule has 1 aromatic carbocycles. The maximum absolute atomic E-state index is 13.4. The minimum absolute atomic E-state index is 0.159. The summed E-state index contributed by atoms with van der Waals surface area (Å²) in [6.07, 6.45) is -2.05. The van der Waals surface area contributed by atoms with Crippen LogP contribution in [-0.4, -0.2) is 43.2 Å². The Morgan fingerprint density at radius 1 is 1.17 bits per heavy atom. The molecule has 2 aliphatic rings. The zero-order valence-corrected chi connectivity index (χ0v) is 13.6. The van der Waals surface area contributed by atoms with Crippen LogP contribution in [0.5, 0.6) is 0 Å². The number of carbonyl (C=O) groups is 1. The average molecular weight is 340 g/mol. The van der Waals surface area contributed by atoms with Gasteiger partial charge in [0.1, 0.15) is 0 Å². The first kappa shape index (κ1) is 17.3. The Labute approximate surface area is 140 Å². The number of benzene rings is 1. The van der Waals surface area contributed by atoms with Crippen molar-refractivity contribution in [2.24, 2.45) is 5.41 Å². The van der Waals surface area contributed by atoms with Gasteiger partial charge in [-0.15, -0.1) is 0 Å². The molecule has 0 radical (unpaired) electrons. The SMILES string of the molecule is O=C(CC(c1ccccc1)C(F)(F)F)N1CCC2(CCNC2)CC1. The summed E-state index contributed by atoms with van der Waals surface area (Å²) in [5.41, 5.74) is 0.409. The molecule has 2 fully saturated rings. The summed E-state index contributed by atoms with van der Waals surface area (Å²) < 4.78 is 40.2. The number of piperidine rings is 1. The van der Waals surface area contributed by atoms with E-state index in [1.807, 2.05) is 0 Å². The van der Waals surface area contributed by atoms with Crippen molar-refractivity contribution < 1.29 is 18.0 Å². The molecule has 0 bridgehead atoms. The van der Waals surface area contributed by atoms with Gasteiger partial charge in [-0.1, -0.05) is 30.3 Å². The van der Waals surface area contributed by atoms with Crippen molar-refractivity contribution in [3.8, 4) is 0 Å². The van der Waals surface area contributed by atoms with Gasteiger partial charge in [0.15, 0.2) is 0 Å². The number of likely N-dealkylation sites (tertiary alicyclic amines) is 1. The lowest BCUT2D eigenvalue weighted by molar-refractivity contribution is -0.161. The molecule has 24 heavy (non-hydrogen) atoms. The fourth-order valence-corrected chi connectivity index (χ4v) is 3.86. The maximum atomic E-state index is 13.4. The molecule has 0 aromatic heterocycles. The van der Waals surface area contributed by atoms with Crippen LogP contribution in [0.15, 0.2) is 30.3 Å². The number of amides is 1. The maximum Gasteiger partial charge on any atom is 0.396 e. The van der Waals surface area contributed by atoms with Gasteiger partial charge in [0.05, 0.1) is 5.92 Å². The van der Waals surface area contributed by atoms with Crippen LogP contribution in [-0.2, 0) is 4.79 Å². The highest BCUT2D eigenvalue weighted by Crippen LogP contribution is 2.40. The normalized spacial score (nSPS) is 21.9. The molecule has 0 saturated carbocycles. The highest BCUT2D eigenvalue weighted by molar-refractivity contribution is 5.77. The molecule has 3 nitrogen and oxygen atoms in total. The van der Waals surface area contributed by atoms with Gasteiger partial charge in [0.25, 0.3) is 0 Å². The van der Waals surface area contributed by atoms with Crippen LogP contribution in [0.25, 0.3) is 0 Å². The zero-order chi connectivity index (χ0) is 17.2. The van der Waals surface area contributed by atoms with E-state index >= 15 is 0 Å². The molecule has 3 rings (SSSR count). The van der Waals surface area contributed by atoms with E-state index in [-0.39, 0.29) is 16.9 Å². The highest BCUT2D eigenvalue weighted by Gasteiger charge is 2.44.